The van der Waals surface area contributed by atoms with Crippen LogP contribution >= 0.6 is 11.3 Å². The normalized spacial score (nSPS) is 11.0. The van der Waals surface area contributed by atoms with Crippen LogP contribution in [0.2, 0.25) is 0 Å². The van der Waals surface area contributed by atoms with Crippen molar-refractivity contribution in [3.8, 4) is 5.75 Å². The zero-order valence-electron chi connectivity index (χ0n) is 13.2. The molecule has 3 rings (SSSR count). The fourth-order valence-electron chi connectivity index (χ4n) is 2.23. The van der Waals surface area contributed by atoms with Crippen LogP contribution in [0.4, 0.5) is 5.13 Å². The van der Waals surface area contributed by atoms with E-state index in [-0.39, 0.29) is 0 Å². The molecule has 0 radical (unpaired) electrons. The molecule has 3 nitrogen and oxygen atoms in total. The highest BCUT2D eigenvalue weighted by molar-refractivity contribution is 7.13. The molecule has 2 aromatic carbocycles. The molecule has 3 aromatic rings. The summed E-state index contributed by atoms with van der Waals surface area (Å²) in [4.78, 5) is 8.67. The lowest BCUT2D eigenvalue weighted by molar-refractivity contribution is 0.362. The highest BCUT2D eigenvalue weighted by Crippen LogP contribution is 2.27. The van der Waals surface area contributed by atoms with Gasteiger partial charge >= 0.3 is 0 Å². The largest absolute Gasteiger partial charge is 0.489 e. The minimum atomic E-state index is 0.554. The maximum absolute atomic E-state index is 5.94. The van der Waals surface area contributed by atoms with Gasteiger partial charge in [-0.1, -0.05) is 35.9 Å². The third kappa shape index (κ3) is 3.85. The summed E-state index contributed by atoms with van der Waals surface area (Å²) >= 11 is 1.52. The molecule has 116 valence electrons. The number of aliphatic imine (C=N–C) groups is 1. The number of benzene rings is 2. The van der Waals surface area contributed by atoms with E-state index >= 15 is 0 Å². The van der Waals surface area contributed by atoms with E-state index < -0.39 is 0 Å². The minimum Gasteiger partial charge on any atom is -0.489 e. The summed E-state index contributed by atoms with van der Waals surface area (Å²) in [6.07, 6.45) is 5.67. The van der Waals surface area contributed by atoms with Crippen LogP contribution in [0.3, 0.4) is 0 Å². The van der Waals surface area contributed by atoms with Gasteiger partial charge in [-0.25, -0.2) is 9.98 Å². The van der Waals surface area contributed by atoms with Gasteiger partial charge in [-0.15, -0.1) is 11.3 Å². The van der Waals surface area contributed by atoms with E-state index in [0.29, 0.717) is 6.61 Å². The smallest absolute Gasteiger partial charge is 0.209 e. The van der Waals surface area contributed by atoms with Crippen LogP contribution in [0.25, 0.3) is 10.8 Å². The highest BCUT2D eigenvalue weighted by atomic mass is 32.1. The average Bonchev–Trinajstić information content (AvgIpc) is 3.06. The van der Waals surface area contributed by atoms with Gasteiger partial charge < -0.3 is 4.74 Å². The summed E-state index contributed by atoms with van der Waals surface area (Å²) in [6, 6.07) is 12.3. The second-order valence-corrected chi connectivity index (χ2v) is 6.24. The van der Waals surface area contributed by atoms with Gasteiger partial charge in [0.25, 0.3) is 0 Å². The molecular formula is C19H18N2OS. The molecule has 23 heavy (non-hydrogen) atoms. The van der Waals surface area contributed by atoms with E-state index in [9.17, 15) is 0 Å². The first-order valence-corrected chi connectivity index (χ1v) is 8.33. The van der Waals surface area contributed by atoms with Crippen molar-refractivity contribution in [3.05, 3.63) is 65.2 Å². The molecule has 0 N–H and O–H groups in total. The molecule has 1 aromatic heterocycles. The van der Waals surface area contributed by atoms with Crippen molar-refractivity contribution in [2.24, 2.45) is 4.99 Å². The van der Waals surface area contributed by atoms with Crippen molar-refractivity contribution < 1.29 is 4.74 Å². The SMILES string of the molecule is CC(C)=CCOc1ccc2ccccc2c1C=Nc1nccs1. The van der Waals surface area contributed by atoms with E-state index in [4.69, 9.17) is 4.74 Å². The molecule has 1 heterocycles. The van der Waals surface area contributed by atoms with Crippen molar-refractivity contribution in [3.63, 3.8) is 0 Å². The molecule has 0 spiro atoms. The number of aromatic nitrogens is 1. The van der Waals surface area contributed by atoms with Gasteiger partial charge in [-0.05, 0) is 36.8 Å². The van der Waals surface area contributed by atoms with E-state index in [1.54, 1.807) is 6.20 Å². The van der Waals surface area contributed by atoms with Gasteiger partial charge in [0.1, 0.15) is 12.4 Å². The van der Waals surface area contributed by atoms with Crippen LogP contribution in [0, 0.1) is 0 Å². The van der Waals surface area contributed by atoms with Crippen molar-refractivity contribution in [2.45, 2.75) is 13.8 Å². The fraction of sp³-hybridized carbons (Fsp3) is 0.158. The predicted octanol–water partition coefficient (Wildman–Crippen LogP) is 5.39. The van der Waals surface area contributed by atoms with E-state index in [2.05, 4.69) is 48.1 Å². The number of hydrogen-bond donors (Lipinski definition) is 0. The Labute approximate surface area is 140 Å². The molecule has 0 bridgehead atoms. The monoisotopic (exact) mass is 322 g/mol. The van der Waals surface area contributed by atoms with Crippen molar-refractivity contribution >= 4 is 33.5 Å². The van der Waals surface area contributed by atoms with Gasteiger partial charge in [0.05, 0.1) is 0 Å². The Kier molecular flexibility index (Phi) is 4.83. The van der Waals surface area contributed by atoms with Gasteiger partial charge in [0.2, 0.25) is 5.13 Å². The standard InChI is InChI=1S/C19H18N2OS/c1-14(2)9-11-22-18-8-7-15-5-3-4-6-16(15)17(18)13-21-19-20-10-12-23-19/h3-10,12-13H,11H2,1-2H3. The predicted molar refractivity (Wildman–Crippen MR) is 98.2 cm³/mol. The van der Waals surface area contributed by atoms with Crippen molar-refractivity contribution in [2.75, 3.05) is 6.61 Å². The van der Waals surface area contributed by atoms with Crippen LogP contribution in [-0.4, -0.2) is 17.8 Å². The second kappa shape index (κ2) is 7.20. The molecule has 0 atom stereocenters. The summed E-state index contributed by atoms with van der Waals surface area (Å²) in [5, 5.41) is 4.96. The topological polar surface area (TPSA) is 34.5 Å². The van der Waals surface area contributed by atoms with Crippen molar-refractivity contribution in [1.29, 1.82) is 0 Å². The second-order valence-electron chi connectivity index (χ2n) is 5.36. The lowest BCUT2D eigenvalue weighted by atomic mass is 10.0. The zero-order chi connectivity index (χ0) is 16.1. The van der Waals surface area contributed by atoms with Crippen LogP contribution < -0.4 is 4.74 Å². The maximum atomic E-state index is 5.94. The first kappa shape index (κ1) is 15.4. The van der Waals surface area contributed by atoms with E-state index in [0.717, 1.165) is 21.8 Å². The molecule has 0 unspecified atom stereocenters. The van der Waals surface area contributed by atoms with Crippen LogP contribution in [-0.2, 0) is 0 Å². The Balaban J connectivity index is 2.01. The summed E-state index contributed by atoms with van der Waals surface area (Å²) in [5.41, 5.74) is 2.23. The molecule has 0 saturated carbocycles. The van der Waals surface area contributed by atoms with E-state index in [1.807, 2.05) is 29.8 Å². The molecular weight excluding hydrogens is 304 g/mol. The minimum absolute atomic E-state index is 0.554. The first-order valence-electron chi connectivity index (χ1n) is 7.45. The van der Waals surface area contributed by atoms with Gasteiger partial charge in [-0.3, -0.25) is 0 Å². The maximum Gasteiger partial charge on any atom is 0.209 e. The molecule has 0 saturated heterocycles. The fourth-order valence-corrected chi connectivity index (χ4v) is 2.71. The molecule has 0 aliphatic carbocycles. The molecule has 0 amide bonds. The first-order chi connectivity index (χ1) is 11.2. The van der Waals surface area contributed by atoms with E-state index in [1.165, 1.54) is 22.3 Å². The quantitative estimate of drug-likeness (QED) is 0.466. The summed E-state index contributed by atoms with van der Waals surface area (Å²) in [6.45, 7) is 4.68. The molecule has 0 fully saturated rings. The number of rotatable bonds is 5. The number of thiazole rings is 1. The summed E-state index contributed by atoms with van der Waals surface area (Å²) < 4.78 is 5.94. The lowest BCUT2D eigenvalue weighted by Gasteiger charge is -2.10. The Bertz CT molecular complexity index is 847. The third-order valence-electron chi connectivity index (χ3n) is 3.38. The molecule has 0 aliphatic heterocycles. The Morgan fingerprint density at radius 3 is 2.87 bits per heavy atom. The summed E-state index contributed by atoms with van der Waals surface area (Å²) in [7, 11) is 0. The number of allylic oxidation sites excluding steroid dienone is 1. The van der Waals surface area contributed by atoms with Crippen molar-refractivity contribution in [1.82, 2.24) is 4.98 Å². The van der Waals surface area contributed by atoms with Gasteiger partial charge in [0, 0.05) is 23.4 Å². The molecule has 4 heteroatoms. The Morgan fingerprint density at radius 2 is 2.09 bits per heavy atom. The van der Waals surface area contributed by atoms with Crippen LogP contribution in [0.5, 0.6) is 5.75 Å². The number of hydrogen-bond acceptors (Lipinski definition) is 4. The average molecular weight is 322 g/mol. The number of fused-ring (bicyclic) bond motifs is 1. The molecule has 0 aliphatic rings. The number of ether oxygens (including phenoxy) is 1. The summed E-state index contributed by atoms with van der Waals surface area (Å²) in [5.74, 6) is 0.835. The lowest BCUT2D eigenvalue weighted by Crippen LogP contribution is -1.98. The number of nitrogens with zero attached hydrogens (tertiary/aromatic N) is 2. The highest BCUT2D eigenvalue weighted by Gasteiger charge is 2.07. The zero-order valence-corrected chi connectivity index (χ0v) is 14.0. The van der Waals surface area contributed by atoms with Crippen LogP contribution in [0.1, 0.15) is 19.4 Å². The Hall–Kier alpha value is -2.46. The Morgan fingerprint density at radius 1 is 1.22 bits per heavy atom. The van der Waals surface area contributed by atoms with Gasteiger partial charge in [0.15, 0.2) is 0 Å². The third-order valence-corrected chi connectivity index (χ3v) is 4.06. The van der Waals surface area contributed by atoms with Gasteiger partial charge in [-0.2, -0.15) is 0 Å². The van der Waals surface area contributed by atoms with Crippen LogP contribution in [0.15, 0.2) is 64.6 Å².